The molecule has 2 aromatic carbocycles. The van der Waals surface area contributed by atoms with Crippen LogP contribution in [-0.4, -0.2) is 107 Å². The summed E-state index contributed by atoms with van der Waals surface area (Å²) in [7, 11) is 0. The maximum Gasteiger partial charge on any atom is 0.407 e. The van der Waals surface area contributed by atoms with Crippen molar-refractivity contribution >= 4 is 41.8 Å². The Kier molecular flexibility index (Phi) is 20.7. The third kappa shape index (κ3) is 19.9. The summed E-state index contributed by atoms with van der Waals surface area (Å²) in [5.41, 5.74) is 1.86. The second-order valence-corrected chi connectivity index (χ2v) is 16.9. The normalized spacial score (nSPS) is 13.9. The molecule has 1 unspecified atom stereocenters. The molecule has 338 valence electrons. The lowest BCUT2D eigenvalue weighted by atomic mass is 10.0. The molecule has 8 N–H and O–H groups in total. The van der Waals surface area contributed by atoms with Crippen molar-refractivity contribution in [3.63, 3.8) is 0 Å². The van der Waals surface area contributed by atoms with E-state index in [0.717, 1.165) is 30.4 Å². The first-order valence-corrected chi connectivity index (χ1v) is 20.8. The maximum atomic E-state index is 13.7. The van der Waals surface area contributed by atoms with Crippen molar-refractivity contribution in [3.05, 3.63) is 59.7 Å². The average Bonchev–Trinajstić information content (AvgIpc) is 3.16. The van der Waals surface area contributed by atoms with Crippen LogP contribution in [0.4, 0.5) is 9.59 Å². The minimum Gasteiger partial charge on any atom is -0.480 e. The summed E-state index contributed by atoms with van der Waals surface area (Å²) < 4.78 is 10.4. The fourth-order valence-corrected chi connectivity index (χ4v) is 5.76. The molecule has 5 atom stereocenters. The Bertz CT molecular complexity index is 1770. The van der Waals surface area contributed by atoms with Crippen molar-refractivity contribution in [2.45, 2.75) is 149 Å². The number of rotatable bonds is 22. The molecule has 2 aromatic rings. The second kappa shape index (κ2) is 24.5. The zero-order valence-corrected chi connectivity index (χ0v) is 36.9. The van der Waals surface area contributed by atoms with Crippen LogP contribution in [0.15, 0.2) is 48.5 Å². The highest BCUT2D eigenvalue weighted by atomic mass is 16.6. The largest absolute Gasteiger partial charge is 0.480 e. The Hall–Kier alpha value is -5.71. The van der Waals surface area contributed by atoms with E-state index in [9.17, 15) is 43.8 Å². The van der Waals surface area contributed by atoms with Gasteiger partial charge in [0, 0.05) is 18.7 Å². The summed E-state index contributed by atoms with van der Waals surface area (Å²) in [5, 5.41) is 35.2. The van der Waals surface area contributed by atoms with Crippen LogP contribution in [0.25, 0.3) is 11.1 Å². The molecule has 17 nitrogen and oxygen atoms in total. The van der Waals surface area contributed by atoms with Gasteiger partial charge in [0.15, 0.2) is 0 Å². The number of carbonyl (C=O) groups excluding carboxylic acids is 6. The number of aliphatic hydroxyl groups excluding tert-OH is 1. The first-order chi connectivity index (χ1) is 28.5. The first kappa shape index (κ1) is 51.4. The van der Waals surface area contributed by atoms with E-state index in [1.807, 2.05) is 12.1 Å². The minimum atomic E-state index is -1.61. The highest BCUT2D eigenvalue weighted by Crippen LogP contribution is 2.21. The molecule has 0 aromatic heterocycles. The fourth-order valence-electron chi connectivity index (χ4n) is 5.76. The van der Waals surface area contributed by atoms with E-state index >= 15 is 0 Å². The van der Waals surface area contributed by atoms with E-state index in [4.69, 9.17) is 9.47 Å². The van der Waals surface area contributed by atoms with Crippen molar-refractivity contribution in [1.82, 2.24) is 31.9 Å². The molecule has 17 heteroatoms. The third-order valence-electron chi connectivity index (χ3n) is 8.99. The molecule has 0 spiro atoms. The standard InChI is InChI=1S/C44H66N6O11/c1-10-11-14-29-16-18-30(19-17-29)31-20-22-32(23-21-31)37(53)48-33(24-26-46-42(59)61-44(7,8)9)38(54)50-35(28(3)51)39(55)47-27(2)36(52)49-34(40(56)57)15-12-13-25-45-41(58)60-43(4,5)6/h16-23,27-28,33-35,51H,10-15,24-26H2,1-9H3,(H,45,58)(H,46,59)(H,47,55)(H,48,53)(H,49,52)(H,50,54)(H,56,57)/t27-,28?,33-,34-,35-/m0/s1. The van der Waals surface area contributed by atoms with Crippen molar-refractivity contribution < 1.29 is 53.2 Å². The smallest absolute Gasteiger partial charge is 0.407 e. The molecule has 0 aliphatic heterocycles. The van der Waals surface area contributed by atoms with E-state index in [0.29, 0.717) is 12.8 Å². The summed E-state index contributed by atoms with van der Waals surface area (Å²) in [6, 6.07) is 9.45. The van der Waals surface area contributed by atoms with Gasteiger partial charge in [0.25, 0.3) is 5.91 Å². The number of carboxylic acid groups (broad SMARTS) is 1. The Morgan fingerprint density at radius 1 is 0.623 bits per heavy atom. The molecule has 0 bridgehead atoms. The quantitative estimate of drug-likeness (QED) is 0.0774. The van der Waals surface area contributed by atoms with Crippen LogP contribution in [0.5, 0.6) is 0 Å². The van der Waals surface area contributed by atoms with Gasteiger partial charge in [-0.3, -0.25) is 19.2 Å². The molecule has 0 saturated heterocycles. The van der Waals surface area contributed by atoms with Gasteiger partial charge < -0.3 is 51.6 Å². The van der Waals surface area contributed by atoms with Gasteiger partial charge in [0.05, 0.1) is 6.10 Å². The molecule has 6 amide bonds. The lowest BCUT2D eigenvalue weighted by molar-refractivity contribution is -0.142. The zero-order valence-electron chi connectivity index (χ0n) is 36.9. The number of alkyl carbamates (subject to hydrolysis) is 2. The lowest BCUT2D eigenvalue weighted by Crippen LogP contribution is -2.60. The second-order valence-electron chi connectivity index (χ2n) is 16.9. The zero-order chi connectivity index (χ0) is 45.9. The van der Waals surface area contributed by atoms with Gasteiger partial charge in [0.1, 0.15) is 35.4 Å². The van der Waals surface area contributed by atoms with Crippen LogP contribution >= 0.6 is 0 Å². The minimum absolute atomic E-state index is 0.0249. The Balaban J connectivity index is 2.11. The van der Waals surface area contributed by atoms with Crippen molar-refractivity contribution in [1.29, 1.82) is 0 Å². The summed E-state index contributed by atoms with van der Waals surface area (Å²) in [5.74, 6) is -4.59. The highest BCUT2D eigenvalue weighted by molar-refractivity contribution is 5.99. The third-order valence-corrected chi connectivity index (χ3v) is 8.99. The molecule has 0 fully saturated rings. The highest BCUT2D eigenvalue weighted by Gasteiger charge is 2.32. The summed E-state index contributed by atoms with van der Waals surface area (Å²) >= 11 is 0. The van der Waals surface area contributed by atoms with E-state index in [2.05, 4.69) is 51.0 Å². The number of aryl methyl sites for hydroxylation is 1. The lowest BCUT2D eigenvalue weighted by Gasteiger charge is -2.26. The molecular formula is C44H66N6O11. The number of benzene rings is 2. The van der Waals surface area contributed by atoms with Crippen molar-refractivity contribution in [2.75, 3.05) is 13.1 Å². The molecule has 0 aliphatic rings. The van der Waals surface area contributed by atoms with Crippen LogP contribution in [0.1, 0.15) is 117 Å². The van der Waals surface area contributed by atoms with Gasteiger partial charge in [0.2, 0.25) is 17.7 Å². The van der Waals surface area contributed by atoms with Gasteiger partial charge in [-0.1, -0.05) is 49.7 Å². The summed E-state index contributed by atoms with van der Waals surface area (Å²) in [4.78, 5) is 89.6. The van der Waals surface area contributed by atoms with Gasteiger partial charge in [-0.25, -0.2) is 14.4 Å². The number of carboxylic acids is 1. The topological polar surface area (TPSA) is 251 Å². The monoisotopic (exact) mass is 854 g/mol. The average molecular weight is 855 g/mol. The number of aliphatic carboxylic acids is 1. The van der Waals surface area contributed by atoms with E-state index in [1.165, 1.54) is 19.4 Å². The van der Waals surface area contributed by atoms with Crippen LogP contribution in [0.3, 0.4) is 0 Å². The summed E-state index contributed by atoms with van der Waals surface area (Å²) in [6.07, 6.45) is 0.972. The Morgan fingerprint density at radius 3 is 1.67 bits per heavy atom. The van der Waals surface area contributed by atoms with Gasteiger partial charge in [-0.15, -0.1) is 0 Å². The van der Waals surface area contributed by atoms with Gasteiger partial charge in [-0.2, -0.15) is 0 Å². The van der Waals surface area contributed by atoms with Gasteiger partial charge in [-0.05, 0) is 123 Å². The molecule has 0 heterocycles. The van der Waals surface area contributed by atoms with Crippen molar-refractivity contribution in [3.8, 4) is 11.1 Å². The number of ether oxygens (including phenoxy) is 2. The molecule has 61 heavy (non-hydrogen) atoms. The van der Waals surface area contributed by atoms with Crippen LogP contribution in [0, 0.1) is 0 Å². The molecule has 2 rings (SSSR count). The number of carbonyl (C=O) groups is 7. The predicted molar refractivity (Wildman–Crippen MR) is 229 cm³/mol. The SMILES string of the molecule is CCCCc1ccc(-c2ccc(C(=O)N[C@@H](CCNC(=O)OC(C)(C)C)C(=O)N[C@H](C(=O)N[C@@H](C)C(=O)N[C@@H](CCCCNC(=O)OC(C)(C)C)C(=O)O)C(C)O)cc2)cc1. The molecular weight excluding hydrogens is 789 g/mol. The Morgan fingerprint density at radius 2 is 1.16 bits per heavy atom. The number of aliphatic hydroxyl groups is 1. The van der Waals surface area contributed by atoms with Crippen LogP contribution < -0.4 is 31.9 Å². The maximum absolute atomic E-state index is 13.7. The van der Waals surface area contributed by atoms with E-state index in [-0.39, 0.29) is 31.5 Å². The number of nitrogens with one attached hydrogen (secondary N) is 6. The first-order valence-electron chi connectivity index (χ1n) is 20.8. The molecule has 0 aliphatic carbocycles. The van der Waals surface area contributed by atoms with Crippen LogP contribution in [-0.2, 0) is 35.1 Å². The number of hydrogen-bond donors (Lipinski definition) is 8. The van der Waals surface area contributed by atoms with E-state index in [1.54, 1.807) is 65.8 Å². The summed E-state index contributed by atoms with van der Waals surface area (Å²) in [6.45, 7) is 15.0. The van der Waals surface area contributed by atoms with Crippen molar-refractivity contribution in [2.24, 2.45) is 0 Å². The van der Waals surface area contributed by atoms with Gasteiger partial charge >= 0.3 is 18.2 Å². The van der Waals surface area contributed by atoms with Crippen LogP contribution in [0.2, 0.25) is 0 Å². The Labute approximate surface area is 358 Å². The predicted octanol–water partition coefficient (Wildman–Crippen LogP) is 4.34. The number of hydrogen-bond acceptors (Lipinski definition) is 10. The number of unbranched alkanes of at least 4 members (excludes halogenated alkanes) is 2. The van der Waals surface area contributed by atoms with E-state index < -0.39 is 83.3 Å². The fraction of sp³-hybridized carbons (Fsp3) is 0.568. The number of amides is 6. The molecule has 0 radical (unpaired) electrons. The molecule has 0 saturated carbocycles.